The van der Waals surface area contributed by atoms with Crippen LogP contribution in [-0.4, -0.2) is 10.2 Å². The third-order valence-corrected chi connectivity index (χ3v) is 3.84. The Bertz CT molecular complexity index is 617. The number of phenolic OH excluding ortho intramolecular Hbond substituents is 1. The molecule has 0 atom stereocenters. The fourth-order valence-corrected chi connectivity index (χ4v) is 2.88. The molecular weight excluding hydrogens is 232 g/mol. The van der Waals surface area contributed by atoms with Gasteiger partial charge in [0.2, 0.25) is 0 Å². The summed E-state index contributed by atoms with van der Waals surface area (Å²) in [5.41, 5.74) is 1.66. The van der Waals surface area contributed by atoms with Gasteiger partial charge in [-0.2, -0.15) is 0 Å². The molecule has 3 rings (SSSR count). The van der Waals surface area contributed by atoms with Crippen LogP contribution < -0.4 is 0 Å². The van der Waals surface area contributed by atoms with Gasteiger partial charge >= 0.3 is 0 Å². The molecule has 1 aliphatic heterocycles. The highest BCUT2D eigenvalue weighted by Gasteiger charge is 2.15. The molecule has 0 unspecified atom stereocenters. The summed E-state index contributed by atoms with van der Waals surface area (Å²) in [6.07, 6.45) is 1.73. The van der Waals surface area contributed by atoms with E-state index in [1.807, 2.05) is 30.3 Å². The number of phenols is 1. The quantitative estimate of drug-likeness (QED) is 0.735. The molecule has 0 aromatic heterocycles. The van der Waals surface area contributed by atoms with Gasteiger partial charge in [0.1, 0.15) is 11.5 Å². The first-order valence-electron chi connectivity index (χ1n) is 5.25. The van der Waals surface area contributed by atoms with Crippen LogP contribution in [0.4, 0.5) is 0 Å². The Morgan fingerprint density at radius 3 is 2.59 bits per heavy atom. The van der Waals surface area contributed by atoms with Gasteiger partial charge < -0.3 is 10.2 Å². The van der Waals surface area contributed by atoms with E-state index in [4.69, 9.17) is 0 Å². The van der Waals surface area contributed by atoms with E-state index in [1.165, 1.54) is 0 Å². The second kappa shape index (κ2) is 3.86. The molecule has 17 heavy (non-hydrogen) atoms. The molecule has 0 radical (unpaired) electrons. The monoisotopic (exact) mass is 242 g/mol. The average molecular weight is 242 g/mol. The van der Waals surface area contributed by atoms with Crippen LogP contribution in [0.5, 0.6) is 5.75 Å². The molecule has 1 aliphatic rings. The summed E-state index contributed by atoms with van der Waals surface area (Å²) in [6, 6.07) is 12.9. The van der Waals surface area contributed by atoms with E-state index in [1.54, 1.807) is 30.0 Å². The minimum absolute atomic E-state index is 0.162. The molecule has 0 fully saturated rings. The maximum absolute atomic E-state index is 10.0. The van der Waals surface area contributed by atoms with Gasteiger partial charge in [-0.15, -0.1) is 0 Å². The molecule has 0 aliphatic carbocycles. The first-order chi connectivity index (χ1) is 8.24. The zero-order chi connectivity index (χ0) is 11.8. The van der Waals surface area contributed by atoms with Gasteiger partial charge in [-0.05, 0) is 35.9 Å². The van der Waals surface area contributed by atoms with Crippen LogP contribution >= 0.6 is 11.8 Å². The molecular formula is C14H10O2S. The maximum Gasteiger partial charge on any atom is 0.124 e. The number of aromatic hydroxyl groups is 1. The van der Waals surface area contributed by atoms with Gasteiger partial charge in [-0.25, -0.2) is 0 Å². The van der Waals surface area contributed by atoms with E-state index in [0.29, 0.717) is 5.56 Å². The lowest BCUT2D eigenvalue weighted by atomic mass is 10.1. The molecule has 0 amide bonds. The summed E-state index contributed by atoms with van der Waals surface area (Å²) in [5.74, 6) is 0.351. The van der Waals surface area contributed by atoms with Crippen LogP contribution in [0.25, 0.3) is 11.8 Å². The van der Waals surface area contributed by atoms with Crippen LogP contribution in [-0.2, 0) is 0 Å². The highest BCUT2D eigenvalue weighted by molar-refractivity contribution is 7.99. The second-order valence-electron chi connectivity index (χ2n) is 3.85. The van der Waals surface area contributed by atoms with Crippen molar-refractivity contribution in [1.82, 2.24) is 0 Å². The SMILES string of the molecule is OC1=Cc2ccccc2Sc2ccc(O)cc21. The van der Waals surface area contributed by atoms with Gasteiger partial charge in [0.15, 0.2) is 0 Å². The summed E-state index contributed by atoms with van der Waals surface area (Å²) < 4.78 is 0. The lowest BCUT2D eigenvalue weighted by Gasteiger charge is -2.06. The molecule has 0 saturated carbocycles. The average Bonchev–Trinajstić information content (AvgIpc) is 2.46. The van der Waals surface area contributed by atoms with E-state index in [2.05, 4.69) is 0 Å². The molecule has 0 spiro atoms. The Labute approximate surface area is 103 Å². The molecule has 2 N–H and O–H groups in total. The van der Waals surface area contributed by atoms with Crippen LogP contribution in [0.3, 0.4) is 0 Å². The van der Waals surface area contributed by atoms with Crippen molar-refractivity contribution in [3.05, 3.63) is 53.6 Å². The number of aliphatic hydroxyl groups is 1. The van der Waals surface area contributed by atoms with Crippen LogP contribution in [0, 0.1) is 0 Å². The molecule has 2 aromatic carbocycles. The smallest absolute Gasteiger partial charge is 0.124 e. The number of hydrogen-bond donors (Lipinski definition) is 2. The molecule has 3 heteroatoms. The van der Waals surface area contributed by atoms with Crippen molar-refractivity contribution >= 4 is 23.6 Å². The van der Waals surface area contributed by atoms with Crippen molar-refractivity contribution in [3.63, 3.8) is 0 Å². The lowest BCUT2D eigenvalue weighted by molar-refractivity contribution is 0.472. The van der Waals surface area contributed by atoms with Gasteiger partial charge in [0.05, 0.1) is 0 Å². The largest absolute Gasteiger partial charge is 0.508 e. The van der Waals surface area contributed by atoms with E-state index < -0.39 is 0 Å². The van der Waals surface area contributed by atoms with Crippen LogP contribution in [0.15, 0.2) is 52.3 Å². The van der Waals surface area contributed by atoms with Crippen molar-refractivity contribution in [2.24, 2.45) is 0 Å². The molecule has 0 saturated heterocycles. The normalized spacial score (nSPS) is 13.3. The summed E-state index contributed by atoms with van der Waals surface area (Å²) in [6.45, 7) is 0. The Kier molecular flexibility index (Phi) is 2.34. The number of hydrogen-bond acceptors (Lipinski definition) is 3. The number of aliphatic hydroxyl groups excluding tert-OH is 1. The second-order valence-corrected chi connectivity index (χ2v) is 4.93. The summed E-state index contributed by atoms with van der Waals surface area (Å²) >= 11 is 1.59. The first-order valence-corrected chi connectivity index (χ1v) is 6.06. The fourth-order valence-electron chi connectivity index (χ4n) is 1.84. The zero-order valence-electron chi connectivity index (χ0n) is 8.92. The topological polar surface area (TPSA) is 40.5 Å². The standard InChI is InChI=1S/C14H10O2S/c15-10-5-6-14-11(8-10)12(16)7-9-3-1-2-4-13(9)17-14/h1-8,15-16H. The zero-order valence-corrected chi connectivity index (χ0v) is 9.74. The van der Waals surface area contributed by atoms with Gasteiger partial charge in [0, 0.05) is 15.4 Å². The molecule has 2 nitrogen and oxygen atoms in total. The predicted molar refractivity (Wildman–Crippen MR) is 69.2 cm³/mol. The van der Waals surface area contributed by atoms with E-state index >= 15 is 0 Å². The van der Waals surface area contributed by atoms with E-state index in [9.17, 15) is 10.2 Å². The van der Waals surface area contributed by atoms with E-state index in [-0.39, 0.29) is 11.5 Å². The summed E-state index contributed by atoms with van der Waals surface area (Å²) in [7, 11) is 0. The highest BCUT2D eigenvalue weighted by Crippen LogP contribution is 2.40. The molecule has 2 aromatic rings. The van der Waals surface area contributed by atoms with Crippen molar-refractivity contribution in [2.75, 3.05) is 0 Å². The Morgan fingerprint density at radius 1 is 0.882 bits per heavy atom. The van der Waals surface area contributed by atoms with Crippen molar-refractivity contribution in [2.45, 2.75) is 9.79 Å². The third kappa shape index (κ3) is 1.78. The van der Waals surface area contributed by atoms with Crippen molar-refractivity contribution in [3.8, 4) is 5.75 Å². The van der Waals surface area contributed by atoms with Gasteiger partial charge in [0.25, 0.3) is 0 Å². The number of rotatable bonds is 0. The Morgan fingerprint density at radius 2 is 1.71 bits per heavy atom. The number of fused-ring (bicyclic) bond motifs is 2. The lowest BCUT2D eigenvalue weighted by Crippen LogP contribution is -1.84. The Hall–Kier alpha value is -1.87. The molecule has 1 heterocycles. The molecule has 84 valence electrons. The minimum Gasteiger partial charge on any atom is -0.508 e. The van der Waals surface area contributed by atoms with Crippen molar-refractivity contribution < 1.29 is 10.2 Å². The first kappa shape index (κ1) is 10.3. The summed E-state index contributed by atoms with van der Waals surface area (Å²) in [5, 5.41) is 19.5. The minimum atomic E-state index is 0.162. The van der Waals surface area contributed by atoms with Gasteiger partial charge in [-0.3, -0.25) is 0 Å². The Balaban J connectivity index is 2.24. The van der Waals surface area contributed by atoms with E-state index in [0.717, 1.165) is 15.4 Å². The summed E-state index contributed by atoms with van der Waals surface area (Å²) in [4.78, 5) is 2.05. The third-order valence-electron chi connectivity index (χ3n) is 2.67. The van der Waals surface area contributed by atoms with Gasteiger partial charge in [-0.1, -0.05) is 30.0 Å². The van der Waals surface area contributed by atoms with Crippen molar-refractivity contribution in [1.29, 1.82) is 0 Å². The highest BCUT2D eigenvalue weighted by atomic mass is 32.2. The number of benzene rings is 2. The molecule has 0 bridgehead atoms. The maximum atomic E-state index is 10.0. The van der Waals surface area contributed by atoms with Crippen LogP contribution in [0.2, 0.25) is 0 Å². The van der Waals surface area contributed by atoms with Crippen LogP contribution in [0.1, 0.15) is 11.1 Å². The fraction of sp³-hybridized carbons (Fsp3) is 0. The predicted octanol–water partition coefficient (Wildman–Crippen LogP) is 3.91.